The molecule has 3 heterocycles. The van der Waals surface area contributed by atoms with Crippen molar-refractivity contribution >= 4 is 17.5 Å². The third-order valence-electron chi connectivity index (χ3n) is 10.1. The topological polar surface area (TPSA) is 51.1 Å². The number of H-pyrrole nitrogens is 1. The minimum atomic E-state index is -0.0595. The number of aryl methyl sites for hydroxylation is 1. The van der Waals surface area contributed by atoms with Gasteiger partial charge in [-0.1, -0.05) is 56.0 Å². The number of quaternary nitrogens is 1. The molecule has 4 aliphatic rings. The first-order chi connectivity index (χ1) is 17.7. The molecule has 2 aliphatic heterocycles. The lowest BCUT2D eigenvalue weighted by molar-refractivity contribution is -0.640. The lowest BCUT2D eigenvalue weighted by Gasteiger charge is -2.46. The molecule has 0 radical (unpaired) electrons. The number of fused-ring (bicyclic) bond motifs is 2. The van der Waals surface area contributed by atoms with Crippen LogP contribution < -0.4 is 35.1 Å². The van der Waals surface area contributed by atoms with Gasteiger partial charge < -0.3 is 35.0 Å². The van der Waals surface area contributed by atoms with Crippen LogP contribution in [-0.4, -0.2) is 36.5 Å². The highest BCUT2D eigenvalue weighted by Crippen LogP contribution is 2.45. The number of hydrogen-bond donors (Lipinski definition) is 1. The third kappa shape index (κ3) is 5.61. The molecule has 6 rings (SSSR count). The van der Waals surface area contributed by atoms with Crippen molar-refractivity contribution < 1.29 is 39.9 Å². The van der Waals surface area contributed by atoms with E-state index < -0.39 is 0 Å². The first-order valence-corrected chi connectivity index (χ1v) is 14.9. The Morgan fingerprint density at radius 2 is 1.74 bits per heavy atom. The first-order valence-electron chi connectivity index (χ1n) is 14.5. The minimum absolute atomic E-state index is 0. The summed E-state index contributed by atoms with van der Waals surface area (Å²) in [5, 5.41) is 3.11. The van der Waals surface area contributed by atoms with Gasteiger partial charge in [0.2, 0.25) is 5.91 Å². The van der Waals surface area contributed by atoms with E-state index >= 15 is 0 Å². The van der Waals surface area contributed by atoms with Crippen LogP contribution in [0.5, 0.6) is 0 Å². The number of carbonyl (C=O) groups excluding carboxylic acids is 1. The molecule has 4 nitrogen and oxygen atoms in total. The number of likely N-dealkylation sites (tertiary alicyclic amines) is 1. The number of carbonyl (C=O) groups is 1. The molecule has 2 unspecified atom stereocenters. The standard InChI is InChI=1S/C31H40ClN3O.2ClH/c32-29-15-14-25-27(34-29)13-8-17-31(25)21-33-20-26(31)30(36)35-18-16-24(22-9-6-3-7-10-22)19-28(35)23-11-4-1-2-5-12-23;;/h3,6-7,9-10,14-15,23-24,26,28,33H,1-2,4-5,8,11-13,16-21H2;2*1H/t24?,26-,28?,31-;;/m0../s1. The average molecular weight is 579 g/mol. The van der Waals surface area contributed by atoms with Crippen molar-refractivity contribution in [2.45, 2.75) is 88.0 Å². The van der Waals surface area contributed by atoms with Crippen molar-refractivity contribution in [1.29, 1.82) is 0 Å². The Hall–Kier alpha value is -1.33. The molecule has 3 N–H and O–H groups in total. The number of aromatic nitrogens is 1. The molecule has 38 heavy (non-hydrogen) atoms. The monoisotopic (exact) mass is 577 g/mol. The van der Waals surface area contributed by atoms with Crippen molar-refractivity contribution in [2.75, 3.05) is 19.6 Å². The quantitative estimate of drug-likeness (QED) is 0.357. The van der Waals surface area contributed by atoms with Crippen molar-refractivity contribution in [1.82, 2.24) is 4.90 Å². The van der Waals surface area contributed by atoms with E-state index in [2.05, 4.69) is 51.6 Å². The predicted octanol–water partition coefficient (Wildman–Crippen LogP) is -1.33. The van der Waals surface area contributed by atoms with Gasteiger partial charge in [-0.2, -0.15) is 4.98 Å². The molecule has 7 heteroatoms. The van der Waals surface area contributed by atoms with E-state index in [-0.39, 0.29) is 36.1 Å². The van der Waals surface area contributed by atoms with Crippen LogP contribution in [0.25, 0.3) is 0 Å². The highest BCUT2D eigenvalue weighted by atomic mass is 35.5. The molecule has 4 atom stereocenters. The number of piperidine rings is 1. The number of halogens is 3. The largest absolute Gasteiger partial charge is 1.00 e. The van der Waals surface area contributed by atoms with Crippen LogP contribution in [0.1, 0.15) is 86.9 Å². The Morgan fingerprint density at radius 3 is 2.50 bits per heavy atom. The van der Waals surface area contributed by atoms with E-state index in [9.17, 15) is 4.79 Å². The fraction of sp³-hybridized carbons (Fsp3) is 0.613. The van der Waals surface area contributed by atoms with E-state index in [0.717, 1.165) is 51.7 Å². The van der Waals surface area contributed by atoms with Crippen LogP contribution in [0.15, 0.2) is 42.5 Å². The van der Waals surface area contributed by atoms with Gasteiger partial charge in [0, 0.05) is 30.6 Å². The minimum Gasteiger partial charge on any atom is -1.00 e. The van der Waals surface area contributed by atoms with Crippen molar-refractivity contribution in [2.24, 2.45) is 11.8 Å². The maximum absolute atomic E-state index is 14.6. The van der Waals surface area contributed by atoms with Crippen LogP contribution in [0, 0.1) is 11.8 Å². The highest BCUT2D eigenvalue weighted by molar-refractivity contribution is 6.28. The van der Waals surface area contributed by atoms with E-state index in [1.54, 1.807) is 0 Å². The van der Waals surface area contributed by atoms with Crippen LogP contribution in [0.2, 0.25) is 5.15 Å². The van der Waals surface area contributed by atoms with Crippen LogP contribution in [0.4, 0.5) is 0 Å². The van der Waals surface area contributed by atoms with Crippen LogP contribution in [0.3, 0.4) is 0 Å². The second kappa shape index (κ2) is 12.9. The first kappa shape index (κ1) is 29.6. The summed E-state index contributed by atoms with van der Waals surface area (Å²) in [4.78, 5) is 20.4. The van der Waals surface area contributed by atoms with Crippen molar-refractivity contribution in [3.05, 3.63) is 64.4 Å². The van der Waals surface area contributed by atoms with E-state index in [0.29, 0.717) is 28.9 Å². The summed E-state index contributed by atoms with van der Waals surface area (Å²) < 4.78 is 0. The Balaban J connectivity index is 0.00000168. The Bertz CT molecular complexity index is 1080. The molecule has 1 saturated carbocycles. The summed E-state index contributed by atoms with van der Waals surface area (Å²) >= 11 is 6.34. The third-order valence-corrected chi connectivity index (χ3v) is 10.3. The Labute approximate surface area is 245 Å². The number of benzene rings is 1. The Morgan fingerprint density at radius 1 is 0.974 bits per heavy atom. The smallest absolute Gasteiger partial charge is 0.273 e. The fourth-order valence-corrected chi connectivity index (χ4v) is 8.49. The zero-order chi connectivity index (χ0) is 24.5. The fourth-order valence-electron chi connectivity index (χ4n) is 8.32. The normalized spacial score (nSPS) is 29.6. The van der Waals surface area contributed by atoms with E-state index in [1.807, 2.05) is 6.07 Å². The molecule has 2 aliphatic carbocycles. The van der Waals surface area contributed by atoms with E-state index in [4.69, 9.17) is 11.6 Å². The predicted molar refractivity (Wildman–Crippen MR) is 143 cm³/mol. The SMILES string of the molecule is O=C([C@@H]1C[NH2+]C[C@]12CCCc1[nH+]c(Cl)ccc12)N1CCC(c2ccccc2)CC1C1CCCCCC1.[Cl-].[Cl-]. The number of pyridine rings is 1. The van der Waals surface area contributed by atoms with E-state index in [1.165, 1.54) is 55.3 Å². The molecule has 1 spiro atoms. The van der Waals surface area contributed by atoms with Gasteiger partial charge in [0.1, 0.15) is 5.92 Å². The molecule has 2 aromatic rings. The average Bonchev–Trinajstić information content (AvgIpc) is 3.13. The van der Waals surface area contributed by atoms with Gasteiger partial charge in [-0.15, -0.1) is 0 Å². The molecule has 2 saturated heterocycles. The number of nitrogens with two attached hydrogens (primary N) is 1. The summed E-state index contributed by atoms with van der Waals surface area (Å²) in [6.45, 7) is 2.84. The highest BCUT2D eigenvalue weighted by Gasteiger charge is 2.56. The summed E-state index contributed by atoms with van der Waals surface area (Å²) in [5.74, 6) is 1.72. The number of nitrogens with zero attached hydrogens (tertiary/aromatic N) is 1. The number of amides is 1. The van der Waals surface area contributed by atoms with Gasteiger partial charge in [0.05, 0.1) is 18.5 Å². The maximum Gasteiger partial charge on any atom is 0.273 e. The van der Waals surface area contributed by atoms with Crippen LogP contribution in [-0.2, 0) is 16.6 Å². The molecule has 3 fully saturated rings. The molecule has 1 aromatic carbocycles. The van der Waals surface area contributed by atoms with Gasteiger partial charge in [0.15, 0.2) is 5.69 Å². The molecular formula is C31H42Cl3N3O. The second-order valence-corrected chi connectivity index (χ2v) is 12.4. The number of aromatic amines is 1. The van der Waals surface area contributed by atoms with Gasteiger partial charge in [-0.25, -0.2) is 0 Å². The lowest BCUT2D eigenvalue weighted by Crippen LogP contribution is -3.00. The molecule has 1 amide bonds. The van der Waals surface area contributed by atoms with Gasteiger partial charge in [0.25, 0.3) is 5.15 Å². The van der Waals surface area contributed by atoms with Crippen LogP contribution >= 0.6 is 11.6 Å². The summed E-state index contributed by atoms with van der Waals surface area (Å²) in [5.41, 5.74) is 4.01. The second-order valence-electron chi connectivity index (χ2n) is 12.0. The Kier molecular flexibility index (Phi) is 10.1. The number of hydrogen-bond acceptors (Lipinski definition) is 1. The number of rotatable bonds is 3. The number of nitrogens with one attached hydrogen (secondary N) is 1. The molecule has 0 bridgehead atoms. The molecule has 208 valence electrons. The molecule has 1 aromatic heterocycles. The van der Waals surface area contributed by atoms with Gasteiger partial charge in [-0.3, -0.25) is 4.79 Å². The van der Waals surface area contributed by atoms with Crippen molar-refractivity contribution in [3.8, 4) is 0 Å². The van der Waals surface area contributed by atoms with Gasteiger partial charge >= 0.3 is 0 Å². The summed E-state index contributed by atoms with van der Waals surface area (Å²) in [6, 6.07) is 15.7. The zero-order valence-corrected chi connectivity index (χ0v) is 24.6. The van der Waals surface area contributed by atoms with Gasteiger partial charge in [-0.05, 0) is 73.6 Å². The molecular weight excluding hydrogens is 537 g/mol. The maximum atomic E-state index is 14.6. The summed E-state index contributed by atoms with van der Waals surface area (Å²) in [6.07, 6.45) is 13.4. The zero-order valence-electron chi connectivity index (χ0n) is 22.3. The van der Waals surface area contributed by atoms with Crippen molar-refractivity contribution in [3.63, 3.8) is 0 Å². The lowest BCUT2D eigenvalue weighted by atomic mass is 9.65. The summed E-state index contributed by atoms with van der Waals surface area (Å²) in [7, 11) is 0.